The normalized spacial score (nSPS) is 10.4. The average Bonchev–Trinajstić information content (AvgIpc) is 2.64. The van der Waals surface area contributed by atoms with Crippen LogP contribution in [0, 0.1) is 0 Å². The first-order valence-electron chi connectivity index (χ1n) is 7.57. The molecule has 0 bridgehead atoms. The van der Waals surface area contributed by atoms with Crippen molar-refractivity contribution in [3.05, 3.63) is 74.9 Å². The lowest BCUT2D eigenvalue weighted by atomic mass is 10.2. The number of aromatic nitrogens is 2. The molecular formula is C18H10BCl4N2O2. The number of fused-ring (bicyclic) bond motifs is 2. The number of benzene rings is 2. The van der Waals surface area contributed by atoms with Gasteiger partial charge in [0.05, 0.1) is 16.1 Å². The fraction of sp³-hybridized carbons (Fsp3) is 0. The van der Waals surface area contributed by atoms with Crippen molar-refractivity contribution >= 4 is 75.9 Å². The summed E-state index contributed by atoms with van der Waals surface area (Å²) >= 11 is 23.4. The van der Waals surface area contributed by atoms with Crippen molar-refractivity contribution in [1.82, 2.24) is 9.97 Å². The molecule has 9 heteroatoms. The maximum atomic E-state index is 8.52. The zero-order valence-electron chi connectivity index (χ0n) is 13.5. The third kappa shape index (κ3) is 4.75. The zero-order valence-corrected chi connectivity index (χ0v) is 16.6. The van der Waals surface area contributed by atoms with Gasteiger partial charge in [0.25, 0.3) is 0 Å². The van der Waals surface area contributed by atoms with E-state index in [1.54, 1.807) is 30.3 Å². The Labute approximate surface area is 175 Å². The van der Waals surface area contributed by atoms with Crippen LogP contribution >= 0.6 is 46.4 Å². The first-order valence-corrected chi connectivity index (χ1v) is 9.09. The molecule has 2 aromatic heterocycles. The highest BCUT2D eigenvalue weighted by Gasteiger charge is 2.08. The van der Waals surface area contributed by atoms with Crippen LogP contribution in [0.25, 0.3) is 21.8 Å². The van der Waals surface area contributed by atoms with E-state index in [-0.39, 0.29) is 10.9 Å². The van der Waals surface area contributed by atoms with Crippen LogP contribution in [0.4, 0.5) is 0 Å². The van der Waals surface area contributed by atoms with Crippen LogP contribution in [-0.2, 0) is 0 Å². The fourth-order valence-electron chi connectivity index (χ4n) is 2.35. The second-order valence-corrected chi connectivity index (χ2v) is 6.81. The lowest BCUT2D eigenvalue weighted by Crippen LogP contribution is -2.01. The van der Waals surface area contributed by atoms with Crippen molar-refractivity contribution in [3.63, 3.8) is 0 Å². The molecule has 0 saturated heterocycles. The van der Waals surface area contributed by atoms with Gasteiger partial charge in [-0.25, -0.2) is 9.97 Å². The standard InChI is InChI=1S/C9H5BCl2NO2.C9H5Cl2N/c11-6-2-1-3-7-5(6)4-8(15-10-14)9(12)13-7;10-7-2-1-3-8-6(7)4-5-9(11)12-8/h1-4,14H;1-5H. The van der Waals surface area contributed by atoms with Crippen LogP contribution in [0.2, 0.25) is 20.4 Å². The van der Waals surface area contributed by atoms with Crippen LogP contribution in [0.5, 0.6) is 5.75 Å². The van der Waals surface area contributed by atoms with Gasteiger partial charge in [0.2, 0.25) is 0 Å². The van der Waals surface area contributed by atoms with E-state index in [1.807, 2.05) is 24.3 Å². The molecule has 0 spiro atoms. The Balaban J connectivity index is 0.000000159. The summed E-state index contributed by atoms with van der Waals surface area (Å²) in [7, 11) is 0.547. The topological polar surface area (TPSA) is 55.2 Å². The SMILES string of the molecule is Clc1ccc2c(Cl)cccc2n1.O[B]Oc1cc2c(Cl)cccc2nc1Cl. The molecule has 4 rings (SSSR count). The highest BCUT2D eigenvalue weighted by Crippen LogP contribution is 2.30. The largest absolute Gasteiger partial charge is 0.569 e. The summed E-state index contributed by atoms with van der Waals surface area (Å²) < 4.78 is 4.78. The monoisotopic (exact) mass is 437 g/mol. The predicted molar refractivity (Wildman–Crippen MR) is 112 cm³/mol. The predicted octanol–water partition coefficient (Wildman–Crippen LogP) is 5.99. The Bertz CT molecular complexity index is 1110. The maximum absolute atomic E-state index is 8.52. The first-order chi connectivity index (χ1) is 13.0. The van der Waals surface area contributed by atoms with Crippen molar-refractivity contribution in [1.29, 1.82) is 0 Å². The van der Waals surface area contributed by atoms with Gasteiger partial charge in [0, 0.05) is 15.8 Å². The molecule has 0 amide bonds. The van der Waals surface area contributed by atoms with E-state index in [9.17, 15) is 0 Å². The second kappa shape index (κ2) is 8.96. The molecule has 4 nitrogen and oxygen atoms in total. The number of pyridine rings is 2. The molecule has 0 saturated carbocycles. The Morgan fingerprint density at radius 2 is 1.41 bits per heavy atom. The maximum Gasteiger partial charge on any atom is 0.569 e. The van der Waals surface area contributed by atoms with Crippen molar-refractivity contribution in [2.75, 3.05) is 0 Å². The molecule has 4 aromatic rings. The lowest BCUT2D eigenvalue weighted by molar-refractivity contribution is 0.453. The minimum atomic E-state index is 0.176. The van der Waals surface area contributed by atoms with E-state index in [1.165, 1.54) is 0 Å². The number of nitrogens with zero attached hydrogens (tertiary/aromatic N) is 2. The van der Waals surface area contributed by atoms with Gasteiger partial charge in [-0.05, 0) is 42.5 Å². The zero-order chi connectivity index (χ0) is 19.4. The minimum absolute atomic E-state index is 0.176. The van der Waals surface area contributed by atoms with Crippen LogP contribution in [0.15, 0.2) is 54.6 Å². The smallest absolute Gasteiger partial charge is 0.535 e. The molecule has 1 N–H and O–H groups in total. The third-order valence-corrected chi connectivity index (χ3v) is 4.69. The van der Waals surface area contributed by atoms with Crippen LogP contribution in [0.3, 0.4) is 0 Å². The van der Waals surface area contributed by atoms with Gasteiger partial charge in [0.1, 0.15) is 10.9 Å². The quantitative estimate of drug-likeness (QED) is 0.308. The van der Waals surface area contributed by atoms with E-state index in [4.69, 9.17) is 56.1 Å². The van der Waals surface area contributed by atoms with Gasteiger partial charge in [-0.15, -0.1) is 0 Å². The Hall–Kier alpha value is -1.76. The molecule has 27 heavy (non-hydrogen) atoms. The van der Waals surface area contributed by atoms with Crippen molar-refractivity contribution in [3.8, 4) is 5.75 Å². The Morgan fingerprint density at radius 1 is 0.778 bits per heavy atom. The molecule has 0 aliphatic rings. The summed E-state index contributed by atoms with van der Waals surface area (Å²) in [6.45, 7) is 0. The molecule has 0 aliphatic carbocycles. The molecule has 1 radical (unpaired) electrons. The number of hydrogen-bond donors (Lipinski definition) is 1. The van der Waals surface area contributed by atoms with Gasteiger partial charge in [-0.2, -0.15) is 0 Å². The summed E-state index contributed by atoms with van der Waals surface area (Å²) in [6, 6.07) is 16.1. The number of hydrogen-bond acceptors (Lipinski definition) is 4. The van der Waals surface area contributed by atoms with E-state index in [0.717, 1.165) is 16.3 Å². The third-order valence-electron chi connectivity index (χ3n) is 3.55. The highest BCUT2D eigenvalue weighted by molar-refractivity contribution is 6.36. The van der Waals surface area contributed by atoms with Crippen molar-refractivity contribution in [2.24, 2.45) is 0 Å². The van der Waals surface area contributed by atoms with Crippen LogP contribution in [-0.4, -0.2) is 22.7 Å². The summed E-state index contributed by atoms with van der Waals surface area (Å²) in [6.07, 6.45) is 0. The molecule has 0 atom stereocenters. The van der Waals surface area contributed by atoms with Gasteiger partial charge in [0.15, 0.2) is 5.15 Å². The summed E-state index contributed by atoms with van der Waals surface area (Å²) in [5.74, 6) is 0.264. The van der Waals surface area contributed by atoms with Crippen molar-refractivity contribution < 1.29 is 9.68 Å². The van der Waals surface area contributed by atoms with Gasteiger partial charge in [-0.1, -0.05) is 58.5 Å². The van der Waals surface area contributed by atoms with Crippen LogP contribution in [0.1, 0.15) is 0 Å². The number of rotatable bonds is 2. The second-order valence-electron chi connectivity index (χ2n) is 5.25. The van der Waals surface area contributed by atoms with Crippen LogP contribution < -0.4 is 4.65 Å². The first kappa shape index (κ1) is 20.0. The van der Waals surface area contributed by atoms with Gasteiger partial charge in [-0.3, -0.25) is 0 Å². The molecule has 0 fully saturated rings. The van der Waals surface area contributed by atoms with Crippen molar-refractivity contribution in [2.45, 2.75) is 0 Å². The molecule has 0 aliphatic heterocycles. The minimum Gasteiger partial charge on any atom is -0.535 e. The van der Waals surface area contributed by atoms with E-state index in [2.05, 4.69) is 9.97 Å². The van der Waals surface area contributed by atoms with E-state index < -0.39 is 0 Å². The van der Waals surface area contributed by atoms with Gasteiger partial charge < -0.3 is 9.68 Å². The summed E-state index contributed by atoms with van der Waals surface area (Å²) in [5.41, 5.74) is 1.51. The summed E-state index contributed by atoms with van der Waals surface area (Å²) in [4.78, 5) is 8.20. The molecule has 0 unspecified atom stereocenters. The molecule has 2 heterocycles. The lowest BCUT2D eigenvalue weighted by Gasteiger charge is -2.06. The number of halogens is 4. The molecule has 135 valence electrons. The van der Waals surface area contributed by atoms with E-state index >= 15 is 0 Å². The highest BCUT2D eigenvalue weighted by atomic mass is 35.5. The average molecular weight is 439 g/mol. The van der Waals surface area contributed by atoms with E-state index in [0.29, 0.717) is 28.4 Å². The molecular weight excluding hydrogens is 429 g/mol. The summed E-state index contributed by atoms with van der Waals surface area (Å²) in [5, 5.41) is 12.1. The Kier molecular flexibility index (Phi) is 6.63. The Morgan fingerprint density at radius 3 is 2.07 bits per heavy atom. The fourth-order valence-corrected chi connectivity index (χ4v) is 3.15. The van der Waals surface area contributed by atoms with Gasteiger partial charge >= 0.3 is 7.69 Å². The molecule has 2 aromatic carbocycles.